The molecule has 1 aliphatic heterocycles. The van der Waals surface area contributed by atoms with Gasteiger partial charge in [0.05, 0.1) is 0 Å². The van der Waals surface area contributed by atoms with Crippen molar-refractivity contribution in [3.63, 3.8) is 0 Å². The summed E-state index contributed by atoms with van der Waals surface area (Å²) in [4.78, 5) is 15.9. The zero-order chi connectivity index (χ0) is 15.9. The quantitative estimate of drug-likeness (QED) is 0.765. The third-order valence-electron chi connectivity index (χ3n) is 3.85. The summed E-state index contributed by atoms with van der Waals surface area (Å²) < 4.78 is 5.33. The fourth-order valence-corrected chi connectivity index (χ4v) is 2.54. The number of nitrogens with zero attached hydrogens (tertiary/aromatic N) is 2. The number of amides is 1. The number of likely N-dealkylation sites (N-methyl/N-ethyl adjacent to an activating group) is 1. The molecule has 1 N–H and O–H groups in total. The molecule has 0 radical (unpaired) electrons. The average molecular weight is 299 g/mol. The molecule has 1 amide bonds. The fraction of sp³-hybridized carbons (Fsp3) is 0.938. The first-order chi connectivity index (χ1) is 9.79. The van der Waals surface area contributed by atoms with Crippen LogP contribution < -0.4 is 5.32 Å². The SMILES string of the molecule is CN(CCCNCC1CCCCN1C)C(=O)OC(C)(C)C. The molecule has 0 aliphatic carbocycles. The van der Waals surface area contributed by atoms with Crippen LogP contribution in [0.15, 0.2) is 0 Å². The van der Waals surface area contributed by atoms with E-state index in [0.717, 1.165) is 26.1 Å². The van der Waals surface area contributed by atoms with Gasteiger partial charge in [0.15, 0.2) is 0 Å². The number of carbonyl (C=O) groups is 1. The van der Waals surface area contributed by atoms with Crippen molar-refractivity contribution in [2.45, 2.75) is 58.1 Å². The van der Waals surface area contributed by atoms with Gasteiger partial charge in [-0.3, -0.25) is 0 Å². The Morgan fingerprint density at radius 3 is 2.71 bits per heavy atom. The van der Waals surface area contributed by atoms with Crippen LogP contribution in [-0.4, -0.2) is 67.8 Å². The van der Waals surface area contributed by atoms with Gasteiger partial charge in [0.1, 0.15) is 5.60 Å². The number of hydrogen-bond donors (Lipinski definition) is 1. The molecule has 1 unspecified atom stereocenters. The van der Waals surface area contributed by atoms with Gasteiger partial charge in [-0.25, -0.2) is 4.79 Å². The van der Waals surface area contributed by atoms with Crippen molar-refractivity contribution < 1.29 is 9.53 Å². The molecule has 1 heterocycles. The molecule has 1 saturated heterocycles. The summed E-state index contributed by atoms with van der Waals surface area (Å²) in [6, 6.07) is 0.669. The van der Waals surface area contributed by atoms with Crippen LogP contribution in [-0.2, 0) is 4.74 Å². The lowest BCUT2D eigenvalue weighted by atomic mass is 10.0. The fourth-order valence-electron chi connectivity index (χ4n) is 2.54. The first kappa shape index (κ1) is 18.2. The first-order valence-corrected chi connectivity index (χ1v) is 8.14. The van der Waals surface area contributed by atoms with E-state index in [1.807, 2.05) is 20.8 Å². The van der Waals surface area contributed by atoms with E-state index in [-0.39, 0.29) is 6.09 Å². The van der Waals surface area contributed by atoms with E-state index < -0.39 is 5.60 Å². The van der Waals surface area contributed by atoms with Gasteiger partial charge in [-0.1, -0.05) is 6.42 Å². The van der Waals surface area contributed by atoms with Crippen molar-refractivity contribution in [3.05, 3.63) is 0 Å². The molecule has 1 atom stereocenters. The Morgan fingerprint density at radius 2 is 2.10 bits per heavy atom. The van der Waals surface area contributed by atoms with E-state index in [4.69, 9.17) is 4.74 Å². The maximum absolute atomic E-state index is 11.8. The monoisotopic (exact) mass is 299 g/mol. The number of nitrogens with one attached hydrogen (secondary N) is 1. The van der Waals surface area contributed by atoms with Crippen LogP contribution in [0.5, 0.6) is 0 Å². The first-order valence-electron chi connectivity index (χ1n) is 8.14. The lowest BCUT2D eigenvalue weighted by molar-refractivity contribution is 0.0297. The summed E-state index contributed by atoms with van der Waals surface area (Å²) in [6.45, 7) is 9.60. The number of ether oxygens (including phenoxy) is 1. The van der Waals surface area contributed by atoms with Crippen LogP contribution in [0.3, 0.4) is 0 Å². The highest BCUT2D eigenvalue weighted by atomic mass is 16.6. The molecular formula is C16H33N3O2. The van der Waals surface area contributed by atoms with E-state index in [1.165, 1.54) is 25.8 Å². The zero-order valence-electron chi connectivity index (χ0n) is 14.4. The van der Waals surface area contributed by atoms with Crippen LogP contribution in [0.4, 0.5) is 4.79 Å². The normalized spacial score (nSPS) is 20.3. The van der Waals surface area contributed by atoms with Crippen LogP contribution in [0.25, 0.3) is 0 Å². The van der Waals surface area contributed by atoms with Crippen molar-refractivity contribution in [3.8, 4) is 0 Å². The maximum Gasteiger partial charge on any atom is 0.410 e. The van der Waals surface area contributed by atoms with Crippen molar-refractivity contribution in [2.24, 2.45) is 0 Å². The van der Waals surface area contributed by atoms with E-state index >= 15 is 0 Å². The highest BCUT2D eigenvalue weighted by Gasteiger charge is 2.20. The van der Waals surface area contributed by atoms with Gasteiger partial charge >= 0.3 is 6.09 Å². The number of carbonyl (C=O) groups excluding carboxylic acids is 1. The topological polar surface area (TPSA) is 44.8 Å². The molecule has 0 bridgehead atoms. The minimum Gasteiger partial charge on any atom is -0.444 e. The molecule has 0 aromatic rings. The van der Waals surface area contributed by atoms with Crippen molar-refractivity contribution in [2.75, 3.05) is 40.3 Å². The minimum atomic E-state index is -0.421. The summed E-state index contributed by atoms with van der Waals surface area (Å²) in [6.07, 6.45) is 4.67. The largest absolute Gasteiger partial charge is 0.444 e. The number of hydrogen-bond acceptors (Lipinski definition) is 4. The Kier molecular flexibility index (Phi) is 7.46. The third kappa shape index (κ3) is 7.67. The van der Waals surface area contributed by atoms with Gasteiger partial charge in [0.2, 0.25) is 0 Å². The Balaban J connectivity index is 2.09. The Hall–Kier alpha value is -0.810. The second-order valence-electron chi connectivity index (χ2n) is 7.09. The summed E-state index contributed by atoms with van der Waals surface area (Å²) >= 11 is 0. The second kappa shape index (κ2) is 8.59. The van der Waals surface area contributed by atoms with Crippen LogP contribution in [0.2, 0.25) is 0 Å². The van der Waals surface area contributed by atoms with Crippen molar-refractivity contribution >= 4 is 6.09 Å². The Bertz CT molecular complexity index is 315. The molecule has 0 spiro atoms. The molecule has 0 saturated carbocycles. The second-order valence-corrected chi connectivity index (χ2v) is 7.09. The number of likely N-dealkylation sites (tertiary alicyclic amines) is 1. The van der Waals surface area contributed by atoms with Gasteiger partial charge in [-0.2, -0.15) is 0 Å². The van der Waals surface area contributed by atoms with Crippen molar-refractivity contribution in [1.82, 2.24) is 15.1 Å². The van der Waals surface area contributed by atoms with Crippen molar-refractivity contribution in [1.29, 1.82) is 0 Å². The summed E-state index contributed by atoms with van der Waals surface area (Å²) in [5.41, 5.74) is -0.421. The highest BCUT2D eigenvalue weighted by molar-refractivity contribution is 5.67. The lowest BCUT2D eigenvalue weighted by Gasteiger charge is -2.32. The molecule has 0 aromatic heterocycles. The van der Waals surface area contributed by atoms with Crippen LogP contribution in [0.1, 0.15) is 46.5 Å². The molecule has 0 aromatic carbocycles. The molecular weight excluding hydrogens is 266 g/mol. The highest BCUT2D eigenvalue weighted by Crippen LogP contribution is 2.14. The zero-order valence-corrected chi connectivity index (χ0v) is 14.4. The molecule has 21 heavy (non-hydrogen) atoms. The number of rotatable bonds is 6. The Morgan fingerprint density at radius 1 is 1.38 bits per heavy atom. The van der Waals surface area contributed by atoms with Crippen LogP contribution >= 0.6 is 0 Å². The predicted molar refractivity (Wildman–Crippen MR) is 86.6 cm³/mol. The molecule has 1 fully saturated rings. The van der Waals surface area contributed by atoms with Gasteiger partial charge < -0.3 is 19.9 Å². The predicted octanol–water partition coefficient (Wildman–Crippen LogP) is 2.32. The van der Waals surface area contributed by atoms with E-state index in [9.17, 15) is 4.79 Å². The van der Waals surface area contributed by atoms with Gasteiger partial charge in [-0.15, -0.1) is 0 Å². The van der Waals surface area contributed by atoms with Gasteiger partial charge in [0, 0.05) is 26.2 Å². The van der Waals surface area contributed by atoms with Crippen LogP contribution in [0, 0.1) is 0 Å². The molecule has 1 aliphatic rings. The average Bonchev–Trinajstić information content (AvgIpc) is 2.38. The number of piperidine rings is 1. The van der Waals surface area contributed by atoms with E-state index in [2.05, 4.69) is 17.3 Å². The molecule has 1 rings (SSSR count). The lowest BCUT2D eigenvalue weighted by Crippen LogP contribution is -2.43. The van der Waals surface area contributed by atoms with Gasteiger partial charge in [0.25, 0.3) is 0 Å². The summed E-state index contributed by atoms with van der Waals surface area (Å²) in [5, 5.41) is 3.51. The third-order valence-corrected chi connectivity index (χ3v) is 3.85. The molecule has 5 heteroatoms. The molecule has 5 nitrogen and oxygen atoms in total. The van der Waals surface area contributed by atoms with Gasteiger partial charge in [-0.05, 0) is 60.2 Å². The van der Waals surface area contributed by atoms with E-state index in [1.54, 1.807) is 11.9 Å². The Labute approximate surface area is 130 Å². The summed E-state index contributed by atoms with van der Waals surface area (Å²) in [7, 11) is 4.00. The minimum absolute atomic E-state index is 0.241. The maximum atomic E-state index is 11.8. The summed E-state index contributed by atoms with van der Waals surface area (Å²) in [5.74, 6) is 0. The molecule has 124 valence electrons. The van der Waals surface area contributed by atoms with E-state index in [0.29, 0.717) is 6.04 Å². The smallest absolute Gasteiger partial charge is 0.410 e. The standard InChI is InChI=1S/C16H33N3O2/c1-16(2,3)21-15(20)19(5)12-8-10-17-13-14-9-6-7-11-18(14)4/h14,17H,6-13H2,1-5H3.